The highest BCUT2D eigenvalue weighted by atomic mass is 16.5. The Morgan fingerprint density at radius 2 is 2.05 bits per heavy atom. The van der Waals surface area contributed by atoms with Crippen molar-refractivity contribution in [1.29, 1.82) is 0 Å². The smallest absolute Gasteiger partial charge is 0.325 e. The second-order valence-corrected chi connectivity index (χ2v) is 5.08. The van der Waals surface area contributed by atoms with Gasteiger partial charge in [0, 0.05) is 12.6 Å². The van der Waals surface area contributed by atoms with E-state index in [1.54, 1.807) is 11.8 Å². The van der Waals surface area contributed by atoms with E-state index in [1.807, 2.05) is 20.8 Å². The SMILES string of the molecule is CCOC(=O)CN(C(=O)C1CCOC1CC)C(C)C. The number of carbonyl (C=O) groups excluding carboxylic acids is 2. The van der Waals surface area contributed by atoms with Gasteiger partial charge in [0.05, 0.1) is 18.6 Å². The van der Waals surface area contributed by atoms with Crippen LogP contribution in [0.3, 0.4) is 0 Å². The Morgan fingerprint density at radius 1 is 1.37 bits per heavy atom. The molecule has 1 saturated heterocycles. The van der Waals surface area contributed by atoms with Crippen LogP contribution >= 0.6 is 0 Å². The molecule has 1 fully saturated rings. The van der Waals surface area contributed by atoms with E-state index in [4.69, 9.17) is 9.47 Å². The molecule has 0 bridgehead atoms. The molecule has 0 aromatic heterocycles. The third-order valence-electron chi connectivity index (χ3n) is 3.44. The van der Waals surface area contributed by atoms with Crippen molar-refractivity contribution >= 4 is 11.9 Å². The second-order valence-electron chi connectivity index (χ2n) is 5.08. The van der Waals surface area contributed by atoms with E-state index in [-0.39, 0.29) is 36.5 Å². The van der Waals surface area contributed by atoms with Gasteiger partial charge in [-0.15, -0.1) is 0 Å². The first-order chi connectivity index (χ1) is 9.01. The first kappa shape index (κ1) is 16.0. The van der Waals surface area contributed by atoms with E-state index in [0.717, 1.165) is 12.8 Å². The zero-order valence-corrected chi connectivity index (χ0v) is 12.3. The molecule has 5 heteroatoms. The molecule has 5 nitrogen and oxygen atoms in total. The lowest BCUT2D eigenvalue weighted by atomic mass is 9.97. The van der Waals surface area contributed by atoms with Crippen molar-refractivity contribution in [2.24, 2.45) is 5.92 Å². The van der Waals surface area contributed by atoms with Crippen LogP contribution in [0.1, 0.15) is 40.5 Å². The van der Waals surface area contributed by atoms with E-state index in [2.05, 4.69) is 0 Å². The average Bonchev–Trinajstić information content (AvgIpc) is 2.83. The van der Waals surface area contributed by atoms with Crippen LogP contribution < -0.4 is 0 Å². The zero-order chi connectivity index (χ0) is 14.4. The van der Waals surface area contributed by atoms with Gasteiger partial charge in [-0.05, 0) is 33.6 Å². The summed E-state index contributed by atoms with van der Waals surface area (Å²) in [5.41, 5.74) is 0. The lowest BCUT2D eigenvalue weighted by molar-refractivity contribution is -0.152. The monoisotopic (exact) mass is 271 g/mol. The number of esters is 1. The molecule has 2 atom stereocenters. The first-order valence-electron chi connectivity index (χ1n) is 7.08. The van der Waals surface area contributed by atoms with Crippen LogP contribution in [-0.4, -0.2) is 48.7 Å². The summed E-state index contributed by atoms with van der Waals surface area (Å²) in [6.45, 7) is 8.58. The molecule has 0 saturated carbocycles. The molecular weight excluding hydrogens is 246 g/mol. The lowest BCUT2D eigenvalue weighted by Gasteiger charge is -2.29. The third kappa shape index (κ3) is 4.20. The molecule has 2 unspecified atom stereocenters. The number of carbonyl (C=O) groups is 2. The predicted octanol–water partition coefficient (Wildman–Crippen LogP) is 1.60. The van der Waals surface area contributed by atoms with Crippen molar-refractivity contribution in [3.63, 3.8) is 0 Å². The van der Waals surface area contributed by atoms with Gasteiger partial charge in [0.15, 0.2) is 0 Å². The standard InChI is InChI=1S/C14H25NO4/c1-5-12-11(7-8-19-12)14(17)15(10(3)4)9-13(16)18-6-2/h10-12H,5-9H2,1-4H3. The van der Waals surface area contributed by atoms with Gasteiger partial charge in [-0.2, -0.15) is 0 Å². The largest absolute Gasteiger partial charge is 0.465 e. The second kappa shape index (κ2) is 7.48. The minimum absolute atomic E-state index is 0.00685. The summed E-state index contributed by atoms with van der Waals surface area (Å²) in [4.78, 5) is 25.7. The molecule has 1 aliphatic rings. The van der Waals surface area contributed by atoms with Crippen molar-refractivity contribution in [1.82, 2.24) is 4.90 Å². The number of hydrogen-bond acceptors (Lipinski definition) is 4. The number of hydrogen-bond donors (Lipinski definition) is 0. The number of ether oxygens (including phenoxy) is 2. The van der Waals surface area contributed by atoms with Crippen molar-refractivity contribution in [3.8, 4) is 0 Å². The highest BCUT2D eigenvalue weighted by Crippen LogP contribution is 2.26. The summed E-state index contributed by atoms with van der Waals surface area (Å²) in [5, 5.41) is 0. The zero-order valence-electron chi connectivity index (χ0n) is 12.3. The highest BCUT2D eigenvalue weighted by Gasteiger charge is 2.36. The fourth-order valence-corrected chi connectivity index (χ4v) is 2.41. The summed E-state index contributed by atoms with van der Waals surface area (Å²) in [7, 11) is 0. The van der Waals surface area contributed by atoms with Crippen molar-refractivity contribution in [3.05, 3.63) is 0 Å². The topological polar surface area (TPSA) is 55.8 Å². The molecule has 0 aliphatic carbocycles. The summed E-state index contributed by atoms with van der Waals surface area (Å²) in [6.07, 6.45) is 1.54. The Hall–Kier alpha value is -1.10. The number of amides is 1. The van der Waals surface area contributed by atoms with Gasteiger partial charge in [-0.25, -0.2) is 0 Å². The van der Waals surface area contributed by atoms with E-state index in [1.165, 1.54) is 0 Å². The molecule has 1 aliphatic heterocycles. The summed E-state index contributed by atoms with van der Waals surface area (Å²) >= 11 is 0. The molecule has 0 aromatic rings. The van der Waals surface area contributed by atoms with Crippen LogP contribution in [0.4, 0.5) is 0 Å². The average molecular weight is 271 g/mol. The van der Waals surface area contributed by atoms with Gasteiger partial charge in [-0.3, -0.25) is 9.59 Å². The number of nitrogens with zero attached hydrogens (tertiary/aromatic N) is 1. The molecule has 0 spiro atoms. The van der Waals surface area contributed by atoms with Gasteiger partial charge in [0.25, 0.3) is 0 Å². The van der Waals surface area contributed by atoms with Gasteiger partial charge in [-0.1, -0.05) is 6.92 Å². The van der Waals surface area contributed by atoms with Gasteiger partial charge >= 0.3 is 5.97 Å². The van der Waals surface area contributed by atoms with Crippen LogP contribution in [0.25, 0.3) is 0 Å². The third-order valence-corrected chi connectivity index (χ3v) is 3.44. The maximum absolute atomic E-state index is 12.5. The molecule has 0 aromatic carbocycles. The maximum atomic E-state index is 12.5. The fourth-order valence-electron chi connectivity index (χ4n) is 2.41. The van der Waals surface area contributed by atoms with Crippen LogP contribution in [0.2, 0.25) is 0 Å². The fraction of sp³-hybridized carbons (Fsp3) is 0.857. The Bertz CT molecular complexity index is 317. The summed E-state index contributed by atoms with van der Waals surface area (Å²) < 4.78 is 10.5. The van der Waals surface area contributed by atoms with Crippen molar-refractivity contribution in [2.75, 3.05) is 19.8 Å². The molecule has 1 heterocycles. The highest BCUT2D eigenvalue weighted by molar-refractivity contribution is 5.84. The Balaban J connectivity index is 2.70. The molecule has 0 N–H and O–H groups in total. The van der Waals surface area contributed by atoms with Gasteiger partial charge in [0.1, 0.15) is 6.54 Å². The minimum atomic E-state index is -0.350. The quantitative estimate of drug-likeness (QED) is 0.689. The van der Waals surface area contributed by atoms with E-state index >= 15 is 0 Å². The Kier molecular flexibility index (Phi) is 6.28. The first-order valence-corrected chi connectivity index (χ1v) is 7.08. The van der Waals surface area contributed by atoms with Gasteiger partial charge in [0.2, 0.25) is 5.91 Å². The molecular formula is C14H25NO4. The summed E-state index contributed by atoms with van der Waals surface area (Å²) in [6, 6.07) is -0.0185. The van der Waals surface area contributed by atoms with Crippen molar-refractivity contribution in [2.45, 2.75) is 52.7 Å². The molecule has 1 rings (SSSR count). The number of rotatable bonds is 6. The summed E-state index contributed by atoms with van der Waals surface area (Å²) in [5.74, 6) is -0.467. The van der Waals surface area contributed by atoms with E-state index in [0.29, 0.717) is 13.2 Å². The Labute approximate surface area is 115 Å². The Morgan fingerprint density at radius 3 is 2.58 bits per heavy atom. The van der Waals surface area contributed by atoms with E-state index in [9.17, 15) is 9.59 Å². The molecule has 19 heavy (non-hydrogen) atoms. The molecule has 0 radical (unpaired) electrons. The minimum Gasteiger partial charge on any atom is -0.465 e. The molecule has 110 valence electrons. The lowest BCUT2D eigenvalue weighted by Crippen LogP contribution is -2.46. The van der Waals surface area contributed by atoms with Crippen LogP contribution in [0.5, 0.6) is 0 Å². The maximum Gasteiger partial charge on any atom is 0.325 e. The van der Waals surface area contributed by atoms with Gasteiger partial charge < -0.3 is 14.4 Å². The van der Waals surface area contributed by atoms with Crippen LogP contribution in [0.15, 0.2) is 0 Å². The normalized spacial score (nSPS) is 22.6. The van der Waals surface area contributed by atoms with Crippen LogP contribution in [0, 0.1) is 5.92 Å². The molecule has 1 amide bonds. The van der Waals surface area contributed by atoms with Crippen molar-refractivity contribution < 1.29 is 19.1 Å². The van der Waals surface area contributed by atoms with Crippen LogP contribution in [-0.2, 0) is 19.1 Å². The van der Waals surface area contributed by atoms with E-state index < -0.39 is 0 Å². The predicted molar refractivity (Wildman–Crippen MR) is 71.6 cm³/mol.